The van der Waals surface area contributed by atoms with Gasteiger partial charge in [0.1, 0.15) is 5.15 Å². The molecule has 2 saturated heterocycles. The van der Waals surface area contributed by atoms with Crippen molar-refractivity contribution in [3.63, 3.8) is 0 Å². The van der Waals surface area contributed by atoms with Gasteiger partial charge in [-0.1, -0.05) is 41.9 Å². The smallest absolute Gasteiger partial charge is 0.407 e. The first kappa shape index (κ1) is 15.3. The number of pyridine rings is 1. The molecule has 0 saturated carbocycles. The van der Waals surface area contributed by atoms with Crippen LogP contribution in [-0.2, 0) is 6.42 Å². The second kappa shape index (κ2) is 5.67. The molecular weight excluding hydrogens is 326 g/mol. The minimum atomic E-state index is -0.842. The van der Waals surface area contributed by atoms with E-state index in [0.717, 1.165) is 18.7 Å². The molecule has 0 radical (unpaired) electrons. The number of carboxylic acid groups (broad SMARTS) is 1. The summed E-state index contributed by atoms with van der Waals surface area (Å²) in [5.74, 6) is 0. The molecule has 1 amide bonds. The molecule has 3 heterocycles. The minimum Gasteiger partial charge on any atom is -0.465 e. The molecule has 2 unspecified atom stereocenters. The Morgan fingerprint density at radius 3 is 2.71 bits per heavy atom. The second-order valence-corrected chi connectivity index (χ2v) is 7.06. The van der Waals surface area contributed by atoms with E-state index < -0.39 is 6.09 Å². The van der Waals surface area contributed by atoms with Gasteiger partial charge in [-0.3, -0.25) is 0 Å². The molecule has 4 rings (SSSR count). The SMILES string of the molecule is O=C(O)N1CC2N(c3ccc(Cl)nc3)CC2(Cc2ccccc2)C1. The summed E-state index contributed by atoms with van der Waals surface area (Å²) in [5, 5.41) is 9.89. The normalized spacial score (nSPS) is 25.3. The van der Waals surface area contributed by atoms with Crippen molar-refractivity contribution in [2.75, 3.05) is 24.5 Å². The van der Waals surface area contributed by atoms with Gasteiger partial charge in [0, 0.05) is 25.0 Å². The summed E-state index contributed by atoms with van der Waals surface area (Å²) in [4.78, 5) is 19.4. The molecule has 0 bridgehead atoms. The predicted molar refractivity (Wildman–Crippen MR) is 92.6 cm³/mol. The fourth-order valence-electron chi connectivity index (χ4n) is 4.06. The number of carbonyl (C=O) groups is 1. The summed E-state index contributed by atoms with van der Waals surface area (Å²) >= 11 is 5.87. The molecule has 2 atom stereocenters. The topological polar surface area (TPSA) is 56.7 Å². The molecule has 24 heavy (non-hydrogen) atoms. The van der Waals surface area contributed by atoms with E-state index in [1.54, 1.807) is 12.3 Å². The Morgan fingerprint density at radius 1 is 1.25 bits per heavy atom. The fourth-order valence-corrected chi connectivity index (χ4v) is 4.17. The molecule has 2 aromatic rings. The van der Waals surface area contributed by atoms with Crippen LogP contribution in [0.2, 0.25) is 5.15 Å². The quantitative estimate of drug-likeness (QED) is 0.870. The summed E-state index contributed by atoms with van der Waals surface area (Å²) in [6.45, 7) is 1.95. The number of aromatic nitrogens is 1. The zero-order chi connectivity index (χ0) is 16.7. The van der Waals surface area contributed by atoms with E-state index in [2.05, 4.69) is 22.0 Å². The fraction of sp³-hybridized carbons (Fsp3) is 0.333. The Kier molecular flexibility index (Phi) is 3.61. The van der Waals surface area contributed by atoms with E-state index >= 15 is 0 Å². The van der Waals surface area contributed by atoms with Gasteiger partial charge in [0.15, 0.2) is 0 Å². The molecule has 2 fully saturated rings. The van der Waals surface area contributed by atoms with Crippen LogP contribution in [-0.4, -0.2) is 46.8 Å². The van der Waals surface area contributed by atoms with E-state index in [4.69, 9.17) is 11.6 Å². The zero-order valence-electron chi connectivity index (χ0n) is 13.1. The molecule has 0 aliphatic carbocycles. The van der Waals surface area contributed by atoms with Gasteiger partial charge in [-0.15, -0.1) is 0 Å². The summed E-state index contributed by atoms with van der Waals surface area (Å²) in [7, 11) is 0. The number of benzene rings is 1. The predicted octanol–water partition coefficient (Wildman–Crippen LogP) is 3.15. The van der Waals surface area contributed by atoms with Crippen LogP contribution < -0.4 is 4.90 Å². The summed E-state index contributed by atoms with van der Waals surface area (Å²) in [6.07, 6.45) is 1.81. The Morgan fingerprint density at radius 2 is 2.04 bits per heavy atom. The van der Waals surface area contributed by atoms with Crippen molar-refractivity contribution in [3.8, 4) is 0 Å². The van der Waals surface area contributed by atoms with Crippen LogP contribution in [0.3, 0.4) is 0 Å². The monoisotopic (exact) mass is 343 g/mol. The molecule has 2 aliphatic rings. The third-order valence-electron chi connectivity index (χ3n) is 5.18. The number of hydrogen-bond acceptors (Lipinski definition) is 3. The first-order valence-corrected chi connectivity index (χ1v) is 8.35. The van der Waals surface area contributed by atoms with Crippen molar-refractivity contribution >= 4 is 23.4 Å². The number of halogens is 1. The van der Waals surface area contributed by atoms with Gasteiger partial charge < -0.3 is 14.9 Å². The molecule has 6 heteroatoms. The highest BCUT2D eigenvalue weighted by molar-refractivity contribution is 6.29. The lowest BCUT2D eigenvalue weighted by Crippen LogP contribution is -2.65. The number of rotatable bonds is 3. The Bertz CT molecular complexity index is 753. The van der Waals surface area contributed by atoms with Crippen molar-refractivity contribution < 1.29 is 9.90 Å². The van der Waals surface area contributed by atoms with Gasteiger partial charge in [-0.25, -0.2) is 9.78 Å². The molecule has 124 valence electrons. The highest BCUT2D eigenvalue weighted by Crippen LogP contribution is 2.48. The number of likely N-dealkylation sites (tertiary alicyclic amines) is 1. The van der Waals surface area contributed by atoms with Gasteiger partial charge in [0.25, 0.3) is 0 Å². The van der Waals surface area contributed by atoms with Crippen molar-refractivity contribution in [3.05, 3.63) is 59.4 Å². The van der Waals surface area contributed by atoms with Crippen LogP contribution >= 0.6 is 11.6 Å². The van der Waals surface area contributed by atoms with Crippen molar-refractivity contribution in [1.82, 2.24) is 9.88 Å². The molecule has 1 aromatic heterocycles. The lowest BCUT2D eigenvalue weighted by molar-refractivity contribution is 0.144. The Hall–Kier alpha value is -2.27. The van der Waals surface area contributed by atoms with E-state index in [1.807, 2.05) is 24.3 Å². The number of nitrogens with zero attached hydrogens (tertiary/aromatic N) is 3. The van der Waals surface area contributed by atoms with Crippen LogP contribution in [0.15, 0.2) is 48.7 Å². The maximum Gasteiger partial charge on any atom is 0.407 e. The van der Waals surface area contributed by atoms with Crippen LogP contribution in [0, 0.1) is 5.41 Å². The lowest BCUT2D eigenvalue weighted by Gasteiger charge is -2.54. The number of hydrogen-bond donors (Lipinski definition) is 1. The second-order valence-electron chi connectivity index (χ2n) is 6.67. The molecule has 0 spiro atoms. The summed E-state index contributed by atoms with van der Waals surface area (Å²) in [6, 6.07) is 14.2. The first-order valence-electron chi connectivity index (χ1n) is 7.97. The highest BCUT2D eigenvalue weighted by atomic mass is 35.5. The first-order chi connectivity index (χ1) is 11.6. The van der Waals surface area contributed by atoms with Gasteiger partial charge >= 0.3 is 6.09 Å². The van der Waals surface area contributed by atoms with E-state index in [1.165, 1.54) is 10.5 Å². The van der Waals surface area contributed by atoms with Crippen LogP contribution in [0.5, 0.6) is 0 Å². The highest BCUT2D eigenvalue weighted by Gasteiger charge is 2.58. The average molecular weight is 344 g/mol. The van der Waals surface area contributed by atoms with Crippen LogP contribution in [0.4, 0.5) is 10.5 Å². The zero-order valence-corrected chi connectivity index (χ0v) is 13.9. The summed E-state index contributed by atoms with van der Waals surface area (Å²) < 4.78 is 0. The molecule has 1 aromatic carbocycles. The lowest BCUT2D eigenvalue weighted by atomic mass is 9.69. The Labute approximate surface area is 145 Å². The molecule has 2 aliphatic heterocycles. The largest absolute Gasteiger partial charge is 0.465 e. The van der Waals surface area contributed by atoms with Gasteiger partial charge in [0.2, 0.25) is 0 Å². The van der Waals surface area contributed by atoms with E-state index in [-0.39, 0.29) is 11.5 Å². The Balaban J connectivity index is 1.60. The number of amides is 1. The van der Waals surface area contributed by atoms with Crippen LogP contribution in [0.1, 0.15) is 5.56 Å². The van der Waals surface area contributed by atoms with E-state index in [0.29, 0.717) is 18.2 Å². The molecular formula is C18H18ClN3O2. The maximum absolute atomic E-state index is 11.5. The number of anilines is 1. The van der Waals surface area contributed by atoms with Gasteiger partial charge in [0.05, 0.1) is 17.9 Å². The molecule has 5 nitrogen and oxygen atoms in total. The average Bonchev–Trinajstić information content (AvgIpc) is 2.84. The van der Waals surface area contributed by atoms with E-state index in [9.17, 15) is 9.90 Å². The number of fused-ring (bicyclic) bond motifs is 1. The summed E-state index contributed by atoms with van der Waals surface area (Å²) in [5.41, 5.74) is 2.23. The van der Waals surface area contributed by atoms with Crippen molar-refractivity contribution in [2.24, 2.45) is 5.41 Å². The van der Waals surface area contributed by atoms with Crippen LogP contribution in [0.25, 0.3) is 0 Å². The standard InChI is InChI=1S/C18H18ClN3O2/c19-16-7-6-14(9-20-16)22-12-18(8-13-4-2-1-3-5-13)11-21(17(23)24)10-15(18)22/h1-7,9,15H,8,10-12H2,(H,23,24). The molecule has 1 N–H and O–H groups in total. The van der Waals surface area contributed by atoms with Crippen molar-refractivity contribution in [2.45, 2.75) is 12.5 Å². The van der Waals surface area contributed by atoms with Crippen molar-refractivity contribution in [1.29, 1.82) is 0 Å². The van der Waals surface area contributed by atoms with Gasteiger partial charge in [-0.2, -0.15) is 0 Å². The van der Waals surface area contributed by atoms with Gasteiger partial charge in [-0.05, 0) is 24.1 Å². The maximum atomic E-state index is 11.5. The third-order valence-corrected chi connectivity index (χ3v) is 5.40. The third kappa shape index (κ3) is 2.49. The minimum absolute atomic E-state index is 0.0284.